The van der Waals surface area contributed by atoms with Crippen LogP contribution in [-0.4, -0.2) is 24.2 Å². The number of rotatable bonds is 6. The first kappa shape index (κ1) is 15.7. The Hall–Kier alpha value is -1.69. The Morgan fingerprint density at radius 2 is 1.90 bits per heavy atom. The quantitative estimate of drug-likeness (QED) is 0.752. The van der Waals surface area contributed by atoms with Crippen LogP contribution >= 0.6 is 15.9 Å². The molecule has 110 valence electrons. The van der Waals surface area contributed by atoms with Gasteiger partial charge in [-0.2, -0.15) is 0 Å². The number of aliphatic hydroxyl groups excluding tert-OH is 1. The van der Waals surface area contributed by atoms with E-state index in [1.807, 2.05) is 54.6 Å². The number of para-hydroxylation sites is 1. The Morgan fingerprint density at radius 1 is 1.14 bits per heavy atom. The van der Waals surface area contributed by atoms with Gasteiger partial charge in [-0.05, 0) is 29.8 Å². The molecular formula is C16H17BrN2O2. The molecule has 1 atom stereocenters. The van der Waals surface area contributed by atoms with Gasteiger partial charge < -0.3 is 10.4 Å². The molecule has 0 spiro atoms. The predicted molar refractivity (Wildman–Crippen MR) is 87.0 cm³/mol. The molecule has 0 bridgehead atoms. The van der Waals surface area contributed by atoms with Gasteiger partial charge in [0, 0.05) is 10.2 Å². The summed E-state index contributed by atoms with van der Waals surface area (Å²) in [6.07, 6.45) is 0. The number of anilines is 1. The Kier molecular flexibility index (Phi) is 5.92. The monoisotopic (exact) mass is 348 g/mol. The van der Waals surface area contributed by atoms with Crippen LogP contribution in [0.4, 0.5) is 5.69 Å². The zero-order chi connectivity index (χ0) is 15.1. The van der Waals surface area contributed by atoms with Gasteiger partial charge in [0.15, 0.2) is 0 Å². The van der Waals surface area contributed by atoms with Crippen LogP contribution in [-0.2, 0) is 4.79 Å². The van der Waals surface area contributed by atoms with Crippen LogP contribution in [0.25, 0.3) is 0 Å². The van der Waals surface area contributed by atoms with E-state index in [1.165, 1.54) is 0 Å². The van der Waals surface area contributed by atoms with E-state index in [-0.39, 0.29) is 25.1 Å². The predicted octanol–water partition coefficient (Wildman–Crippen LogP) is 2.71. The molecule has 0 aliphatic heterocycles. The Balaban J connectivity index is 1.90. The summed E-state index contributed by atoms with van der Waals surface area (Å²) < 4.78 is 0.939. The molecule has 0 saturated carbocycles. The van der Waals surface area contributed by atoms with Gasteiger partial charge >= 0.3 is 0 Å². The second kappa shape index (κ2) is 7.93. The molecule has 4 nitrogen and oxygen atoms in total. The van der Waals surface area contributed by atoms with Gasteiger partial charge in [-0.25, -0.2) is 0 Å². The van der Waals surface area contributed by atoms with Gasteiger partial charge in [0.1, 0.15) is 0 Å². The maximum Gasteiger partial charge on any atom is 0.238 e. The van der Waals surface area contributed by atoms with Crippen LogP contribution in [0.5, 0.6) is 0 Å². The van der Waals surface area contributed by atoms with Gasteiger partial charge in [-0.15, -0.1) is 0 Å². The fourth-order valence-electron chi connectivity index (χ4n) is 1.95. The molecule has 0 aromatic heterocycles. The van der Waals surface area contributed by atoms with Crippen molar-refractivity contribution in [3.63, 3.8) is 0 Å². The van der Waals surface area contributed by atoms with Gasteiger partial charge in [0.05, 0.1) is 19.2 Å². The molecule has 5 heteroatoms. The van der Waals surface area contributed by atoms with Gasteiger partial charge in [-0.3, -0.25) is 10.1 Å². The number of amides is 1. The number of aliphatic hydroxyl groups is 1. The molecule has 2 aromatic carbocycles. The van der Waals surface area contributed by atoms with E-state index in [4.69, 9.17) is 0 Å². The molecule has 0 fully saturated rings. The summed E-state index contributed by atoms with van der Waals surface area (Å²) >= 11 is 3.40. The average Bonchev–Trinajstić information content (AvgIpc) is 2.49. The Labute approximate surface area is 132 Å². The third-order valence-electron chi connectivity index (χ3n) is 3.00. The third-order valence-corrected chi connectivity index (χ3v) is 3.49. The van der Waals surface area contributed by atoms with E-state index < -0.39 is 0 Å². The Morgan fingerprint density at radius 3 is 2.57 bits per heavy atom. The lowest BCUT2D eigenvalue weighted by Gasteiger charge is -2.16. The SMILES string of the molecule is O=C(CN[C@@H](CO)c1cccc(Br)c1)Nc1ccccc1. The first-order valence-electron chi connectivity index (χ1n) is 6.63. The topological polar surface area (TPSA) is 61.4 Å². The highest BCUT2D eigenvalue weighted by molar-refractivity contribution is 9.10. The van der Waals surface area contributed by atoms with Crippen LogP contribution in [0.15, 0.2) is 59.1 Å². The molecule has 2 aromatic rings. The zero-order valence-electron chi connectivity index (χ0n) is 11.4. The standard InChI is InChI=1S/C16H17BrN2O2/c17-13-6-4-5-12(9-13)15(11-20)18-10-16(21)19-14-7-2-1-3-8-14/h1-9,15,18,20H,10-11H2,(H,19,21)/t15-/m0/s1. The fourth-order valence-corrected chi connectivity index (χ4v) is 2.37. The van der Waals surface area contributed by atoms with Crippen molar-refractivity contribution >= 4 is 27.5 Å². The highest BCUT2D eigenvalue weighted by Gasteiger charge is 2.12. The summed E-state index contributed by atoms with van der Waals surface area (Å²) in [5.41, 5.74) is 1.69. The average molecular weight is 349 g/mol. The molecule has 0 aliphatic carbocycles. The third kappa shape index (κ3) is 4.97. The number of benzene rings is 2. The summed E-state index contributed by atoms with van der Waals surface area (Å²) in [6, 6.07) is 16.6. The minimum absolute atomic E-state index is 0.0743. The summed E-state index contributed by atoms with van der Waals surface area (Å²) in [7, 11) is 0. The molecule has 3 N–H and O–H groups in total. The first-order valence-corrected chi connectivity index (χ1v) is 7.43. The lowest BCUT2D eigenvalue weighted by molar-refractivity contribution is -0.115. The highest BCUT2D eigenvalue weighted by atomic mass is 79.9. The van der Waals surface area contributed by atoms with E-state index in [2.05, 4.69) is 26.6 Å². The van der Waals surface area contributed by atoms with Gasteiger partial charge in [-0.1, -0.05) is 46.3 Å². The fraction of sp³-hybridized carbons (Fsp3) is 0.188. The number of halogens is 1. The largest absolute Gasteiger partial charge is 0.394 e. The molecule has 1 amide bonds. The minimum Gasteiger partial charge on any atom is -0.394 e. The molecule has 0 aliphatic rings. The van der Waals surface area contributed by atoms with Crippen LogP contribution in [0.2, 0.25) is 0 Å². The Bertz CT molecular complexity index is 590. The van der Waals surface area contributed by atoms with Crippen LogP contribution in [0, 0.1) is 0 Å². The number of carbonyl (C=O) groups is 1. The molecule has 0 radical (unpaired) electrons. The summed E-state index contributed by atoms with van der Waals surface area (Å²) in [4.78, 5) is 11.9. The van der Waals surface area contributed by atoms with E-state index >= 15 is 0 Å². The number of hydrogen-bond donors (Lipinski definition) is 3. The summed E-state index contributed by atoms with van der Waals surface area (Å²) in [5.74, 6) is -0.144. The minimum atomic E-state index is -0.274. The van der Waals surface area contributed by atoms with Gasteiger partial charge in [0.25, 0.3) is 0 Å². The van der Waals surface area contributed by atoms with Crippen molar-refractivity contribution in [2.24, 2.45) is 0 Å². The molecule has 2 rings (SSSR count). The van der Waals surface area contributed by atoms with Crippen molar-refractivity contribution in [2.75, 3.05) is 18.5 Å². The van der Waals surface area contributed by atoms with E-state index in [1.54, 1.807) is 0 Å². The number of nitrogens with one attached hydrogen (secondary N) is 2. The van der Waals surface area contributed by atoms with Crippen molar-refractivity contribution in [2.45, 2.75) is 6.04 Å². The first-order chi connectivity index (χ1) is 10.2. The van der Waals surface area contributed by atoms with E-state index in [0.717, 1.165) is 15.7 Å². The van der Waals surface area contributed by atoms with Crippen molar-refractivity contribution in [1.82, 2.24) is 5.32 Å². The second-order valence-corrected chi connectivity index (χ2v) is 5.50. The van der Waals surface area contributed by atoms with Crippen LogP contribution < -0.4 is 10.6 Å². The maximum absolute atomic E-state index is 11.9. The number of hydrogen-bond acceptors (Lipinski definition) is 3. The van der Waals surface area contributed by atoms with Crippen molar-refractivity contribution in [3.05, 3.63) is 64.6 Å². The molecule has 0 unspecified atom stereocenters. The lowest BCUT2D eigenvalue weighted by Crippen LogP contribution is -2.32. The van der Waals surface area contributed by atoms with Crippen molar-refractivity contribution in [1.29, 1.82) is 0 Å². The smallest absolute Gasteiger partial charge is 0.238 e. The highest BCUT2D eigenvalue weighted by Crippen LogP contribution is 2.17. The van der Waals surface area contributed by atoms with Crippen LogP contribution in [0.1, 0.15) is 11.6 Å². The molecule has 0 saturated heterocycles. The second-order valence-electron chi connectivity index (χ2n) is 4.59. The molecule has 0 heterocycles. The maximum atomic E-state index is 11.9. The zero-order valence-corrected chi connectivity index (χ0v) is 13.0. The lowest BCUT2D eigenvalue weighted by atomic mass is 10.1. The van der Waals surface area contributed by atoms with Crippen LogP contribution in [0.3, 0.4) is 0 Å². The summed E-state index contributed by atoms with van der Waals surface area (Å²) in [5, 5.41) is 15.3. The summed E-state index contributed by atoms with van der Waals surface area (Å²) in [6.45, 7) is 0.0572. The van der Waals surface area contributed by atoms with E-state index in [9.17, 15) is 9.90 Å². The normalized spacial score (nSPS) is 11.9. The van der Waals surface area contributed by atoms with E-state index in [0.29, 0.717) is 0 Å². The van der Waals surface area contributed by atoms with Crippen molar-refractivity contribution < 1.29 is 9.90 Å². The van der Waals surface area contributed by atoms with Crippen molar-refractivity contribution in [3.8, 4) is 0 Å². The number of carbonyl (C=O) groups excluding carboxylic acids is 1. The molecular weight excluding hydrogens is 332 g/mol. The van der Waals surface area contributed by atoms with Gasteiger partial charge in [0.2, 0.25) is 5.91 Å². The molecule has 21 heavy (non-hydrogen) atoms.